The zero-order valence-corrected chi connectivity index (χ0v) is 17.4. The molecule has 1 N–H and O–H groups in total. The van der Waals surface area contributed by atoms with E-state index < -0.39 is 10.0 Å². The van der Waals surface area contributed by atoms with E-state index in [-0.39, 0.29) is 11.8 Å². The van der Waals surface area contributed by atoms with Gasteiger partial charge in [-0.25, -0.2) is 8.42 Å². The van der Waals surface area contributed by atoms with E-state index in [1.807, 2.05) is 0 Å². The maximum Gasteiger partial charge on any atom is 0.255 e. The number of amides is 1. The predicted molar refractivity (Wildman–Crippen MR) is 110 cm³/mol. The van der Waals surface area contributed by atoms with Crippen LogP contribution in [0.4, 0.5) is 0 Å². The molecule has 8 heteroatoms. The third-order valence-electron chi connectivity index (χ3n) is 5.15. The molecule has 1 amide bonds. The van der Waals surface area contributed by atoms with Crippen LogP contribution in [-0.2, 0) is 10.0 Å². The third kappa shape index (κ3) is 4.71. The number of piperidine rings is 1. The zero-order chi connectivity index (χ0) is 20.9. The van der Waals surface area contributed by atoms with Gasteiger partial charge in [0.15, 0.2) is 11.5 Å². The SMILES string of the molecule is COc1cccc(C(=O)NCC2CCN(S(=O)(=O)c3ccccc3)CC2)c1OC. The molecular formula is C21H26N2O5S. The molecule has 1 heterocycles. The first-order chi connectivity index (χ1) is 14.0. The van der Waals surface area contributed by atoms with Crippen LogP contribution in [0.2, 0.25) is 0 Å². The zero-order valence-electron chi connectivity index (χ0n) is 16.6. The Labute approximate surface area is 171 Å². The molecule has 0 aliphatic carbocycles. The Balaban J connectivity index is 1.56. The first-order valence-electron chi connectivity index (χ1n) is 9.51. The van der Waals surface area contributed by atoms with Crippen LogP contribution in [0.5, 0.6) is 11.5 Å². The Morgan fingerprint density at radius 3 is 2.34 bits per heavy atom. The van der Waals surface area contributed by atoms with Gasteiger partial charge in [0, 0.05) is 19.6 Å². The summed E-state index contributed by atoms with van der Waals surface area (Å²) in [4.78, 5) is 12.9. The van der Waals surface area contributed by atoms with Crippen LogP contribution in [0.15, 0.2) is 53.4 Å². The lowest BCUT2D eigenvalue weighted by molar-refractivity contribution is 0.0938. The van der Waals surface area contributed by atoms with E-state index in [0.29, 0.717) is 54.4 Å². The minimum absolute atomic E-state index is 0.220. The van der Waals surface area contributed by atoms with E-state index in [4.69, 9.17) is 9.47 Å². The van der Waals surface area contributed by atoms with Crippen molar-refractivity contribution in [1.29, 1.82) is 0 Å². The highest BCUT2D eigenvalue weighted by Gasteiger charge is 2.29. The predicted octanol–water partition coefficient (Wildman–Crippen LogP) is 2.53. The van der Waals surface area contributed by atoms with Crippen LogP contribution >= 0.6 is 0 Å². The van der Waals surface area contributed by atoms with Gasteiger partial charge in [0.2, 0.25) is 10.0 Å². The fourth-order valence-corrected chi connectivity index (χ4v) is 4.98. The van der Waals surface area contributed by atoms with Gasteiger partial charge in [-0.05, 0) is 43.0 Å². The molecule has 1 fully saturated rings. The molecule has 0 spiro atoms. The summed E-state index contributed by atoms with van der Waals surface area (Å²) in [5, 5.41) is 2.94. The monoisotopic (exact) mass is 418 g/mol. The molecule has 0 radical (unpaired) electrons. The number of methoxy groups -OCH3 is 2. The van der Waals surface area contributed by atoms with E-state index in [0.717, 1.165) is 0 Å². The second kappa shape index (κ2) is 9.28. The number of sulfonamides is 1. The maximum atomic E-state index is 12.7. The highest BCUT2D eigenvalue weighted by molar-refractivity contribution is 7.89. The fourth-order valence-electron chi connectivity index (χ4n) is 3.49. The van der Waals surface area contributed by atoms with Gasteiger partial charge in [-0.2, -0.15) is 4.31 Å². The molecule has 0 aromatic heterocycles. The average Bonchev–Trinajstić information content (AvgIpc) is 2.77. The fraction of sp³-hybridized carbons (Fsp3) is 0.381. The Hall–Kier alpha value is -2.58. The lowest BCUT2D eigenvalue weighted by Crippen LogP contribution is -2.41. The number of para-hydroxylation sites is 1. The van der Waals surface area contributed by atoms with Crippen LogP contribution in [0, 0.1) is 5.92 Å². The van der Waals surface area contributed by atoms with Crippen LogP contribution in [0.3, 0.4) is 0 Å². The van der Waals surface area contributed by atoms with Crippen molar-refractivity contribution in [2.24, 2.45) is 5.92 Å². The van der Waals surface area contributed by atoms with Crippen molar-refractivity contribution in [2.75, 3.05) is 33.9 Å². The maximum absolute atomic E-state index is 12.7. The first-order valence-corrected chi connectivity index (χ1v) is 11.0. The number of rotatable bonds is 7. The number of carbonyl (C=O) groups is 1. The van der Waals surface area contributed by atoms with Crippen molar-refractivity contribution in [2.45, 2.75) is 17.7 Å². The number of nitrogens with one attached hydrogen (secondary N) is 1. The van der Waals surface area contributed by atoms with Crippen molar-refractivity contribution in [3.63, 3.8) is 0 Å². The highest BCUT2D eigenvalue weighted by atomic mass is 32.2. The lowest BCUT2D eigenvalue weighted by atomic mass is 9.98. The molecule has 2 aromatic carbocycles. The van der Waals surface area contributed by atoms with Crippen LogP contribution in [-0.4, -0.2) is 52.5 Å². The quantitative estimate of drug-likeness (QED) is 0.747. The van der Waals surface area contributed by atoms with E-state index >= 15 is 0 Å². The smallest absolute Gasteiger partial charge is 0.255 e. The van der Waals surface area contributed by atoms with Gasteiger partial charge >= 0.3 is 0 Å². The van der Waals surface area contributed by atoms with E-state index in [2.05, 4.69) is 5.32 Å². The van der Waals surface area contributed by atoms with Gasteiger partial charge in [-0.15, -0.1) is 0 Å². The standard InChI is InChI=1S/C21H26N2O5S/c1-27-19-10-6-9-18(20(19)28-2)21(24)22-15-16-11-13-23(14-12-16)29(25,26)17-7-4-3-5-8-17/h3-10,16H,11-15H2,1-2H3,(H,22,24). The van der Waals surface area contributed by atoms with Gasteiger partial charge in [-0.1, -0.05) is 24.3 Å². The highest BCUT2D eigenvalue weighted by Crippen LogP contribution is 2.30. The van der Waals surface area contributed by atoms with Crippen LogP contribution < -0.4 is 14.8 Å². The first kappa shape index (κ1) is 21.1. The minimum Gasteiger partial charge on any atom is -0.493 e. The summed E-state index contributed by atoms with van der Waals surface area (Å²) in [6, 6.07) is 13.6. The summed E-state index contributed by atoms with van der Waals surface area (Å²) in [6.07, 6.45) is 1.39. The van der Waals surface area contributed by atoms with E-state index in [9.17, 15) is 13.2 Å². The normalized spacial score (nSPS) is 15.7. The number of nitrogens with zero attached hydrogens (tertiary/aromatic N) is 1. The van der Waals surface area contributed by atoms with Crippen molar-refractivity contribution in [1.82, 2.24) is 9.62 Å². The average molecular weight is 419 g/mol. The van der Waals surface area contributed by atoms with Gasteiger partial charge < -0.3 is 14.8 Å². The van der Waals surface area contributed by atoms with Gasteiger partial charge in [0.1, 0.15) is 0 Å². The number of carbonyl (C=O) groups excluding carboxylic acids is 1. The van der Waals surface area contributed by atoms with Crippen molar-refractivity contribution in [3.05, 3.63) is 54.1 Å². The Kier molecular flexibility index (Phi) is 6.76. The second-order valence-electron chi connectivity index (χ2n) is 6.91. The van der Waals surface area contributed by atoms with Gasteiger partial charge in [-0.3, -0.25) is 4.79 Å². The number of hydrogen-bond donors (Lipinski definition) is 1. The Morgan fingerprint density at radius 2 is 1.72 bits per heavy atom. The summed E-state index contributed by atoms with van der Waals surface area (Å²) in [5.41, 5.74) is 0.413. The molecular weight excluding hydrogens is 392 g/mol. The Bertz CT molecular complexity index is 939. The van der Waals surface area contributed by atoms with E-state index in [1.165, 1.54) is 18.5 Å². The topological polar surface area (TPSA) is 84.9 Å². The van der Waals surface area contributed by atoms with Crippen molar-refractivity contribution in [3.8, 4) is 11.5 Å². The Morgan fingerprint density at radius 1 is 1.03 bits per heavy atom. The lowest BCUT2D eigenvalue weighted by Gasteiger charge is -2.31. The molecule has 1 aliphatic rings. The van der Waals surface area contributed by atoms with Crippen molar-refractivity contribution >= 4 is 15.9 Å². The second-order valence-corrected chi connectivity index (χ2v) is 8.85. The molecule has 3 rings (SSSR count). The minimum atomic E-state index is -3.46. The molecule has 0 bridgehead atoms. The summed E-state index contributed by atoms with van der Waals surface area (Å²) in [6.45, 7) is 1.37. The molecule has 156 valence electrons. The molecule has 2 aromatic rings. The van der Waals surface area contributed by atoms with Crippen LogP contribution in [0.1, 0.15) is 23.2 Å². The summed E-state index contributed by atoms with van der Waals surface area (Å²) >= 11 is 0. The largest absolute Gasteiger partial charge is 0.493 e. The molecule has 1 aliphatic heterocycles. The van der Waals surface area contributed by atoms with Crippen molar-refractivity contribution < 1.29 is 22.7 Å². The molecule has 0 unspecified atom stereocenters. The van der Waals surface area contributed by atoms with Gasteiger partial charge in [0.25, 0.3) is 5.91 Å². The van der Waals surface area contributed by atoms with Gasteiger partial charge in [0.05, 0.1) is 24.7 Å². The summed E-state index contributed by atoms with van der Waals surface area (Å²) < 4.78 is 37.5. The third-order valence-corrected chi connectivity index (χ3v) is 7.07. The molecule has 29 heavy (non-hydrogen) atoms. The molecule has 0 saturated carbocycles. The molecule has 7 nitrogen and oxygen atoms in total. The number of ether oxygens (including phenoxy) is 2. The molecule has 0 atom stereocenters. The summed E-state index contributed by atoms with van der Waals surface area (Å²) in [7, 11) is -0.439. The number of hydrogen-bond acceptors (Lipinski definition) is 5. The molecule has 1 saturated heterocycles. The summed E-state index contributed by atoms with van der Waals surface area (Å²) in [5.74, 6) is 0.883. The number of benzene rings is 2. The van der Waals surface area contributed by atoms with Crippen LogP contribution in [0.25, 0.3) is 0 Å². The van der Waals surface area contributed by atoms with E-state index in [1.54, 1.807) is 48.5 Å².